The smallest absolute Gasteiger partial charge is 0.227 e. The molecule has 2 unspecified atom stereocenters. The lowest BCUT2D eigenvalue weighted by molar-refractivity contribution is -0.117. The van der Waals surface area contributed by atoms with Gasteiger partial charge in [0.05, 0.1) is 6.10 Å². The molecule has 1 fully saturated rings. The van der Waals surface area contributed by atoms with E-state index in [-0.39, 0.29) is 11.9 Å². The lowest BCUT2D eigenvalue weighted by Gasteiger charge is -2.20. The first kappa shape index (κ1) is 17.6. The molecule has 0 bridgehead atoms. The summed E-state index contributed by atoms with van der Waals surface area (Å²) in [6.45, 7) is 5.43. The van der Waals surface area contributed by atoms with Gasteiger partial charge in [-0.05, 0) is 43.5 Å². The van der Waals surface area contributed by atoms with Crippen LogP contribution >= 0.6 is 0 Å². The fourth-order valence-electron chi connectivity index (χ4n) is 3.18. The number of carbonyl (C=O) groups is 1. The number of aliphatic hydroxyl groups is 1. The molecule has 0 aliphatic carbocycles. The van der Waals surface area contributed by atoms with Crippen LogP contribution in [0.1, 0.15) is 48.6 Å². The van der Waals surface area contributed by atoms with E-state index in [9.17, 15) is 9.90 Å². The monoisotopic (exact) mass is 338 g/mol. The van der Waals surface area contributed by atoms with E-state index in [0.29, 0.717) is 13.0 Å². The van der Waals surface area contributed by atoms with E-state index in [0.717, 1.165) is 29.8 Å². The van der Waals surface area contributed by atoms with Crippen molar-refractivity contribution in [3.05, 3.63) is 65.2 Å². The zero-order valence-corrected chi connectivity index (χ0v) is 14.9. The minimum atomic E-state index is -0.524. The van der Waals surface area contributed by atoms with Crippen LogP contribution in [0, 0.1) is 6.92 Å². The Bertz CT molecular complexity index is 710. The first-order chi connectivity index (χ1) is 12.0. The molecule has 0 saturated carbocycles. The average molecular weight is 338 g/mol. The number of aliphatic hydroxyl groups excluding tert-OH is 1. The van der Waals surface area contributed by atoms with Gasteiger partial charge in [0.1, 0.15) is 0 Å². The van der Waals surface area contributed by atoms with E-state index < -0.39 is 6.10 Å². The second-order valence-corrected chi connectivity index (χ2v) is 6.80. The predicted octanol–water partition coefficient (Wildman–Crippen LogP) is 3.51. The minimum Gasteiger partial charge on any atom is -0.387 e. The zero-order chi connectivity index (χ0) is 17.8. The number of amides is 1. The molecule has 1 heterocycles. The Kier molecular flexibility index (Phi) is 5.51. The van der Waals surface area contributed by atoms with E-state index >= 15 is 0 Å². The number of rotatable bonds is 6. The molecule has 2 atom stereocenters. The van der Waals surface area contributed by atoms with Gasteiger partial charge in [-0.3, -0.25) is 4.79 Å². The third kappa shape index (κ3) is 4.27. The molecular formula is C21H26N2O2. The maximum absolute atomic E-state index is 11.8. The number of nitrogens with one attached hydrogen (secondary N) is 1. The molecule has 1 aliphatic heterocycles. The Morgan fingerprint density at radius 1 is 1.08 bits per heavy atom. The summed E-state index contributed by atoms with van der Waals surface area (Å²) in [7, 11) is 0. The van der Waals surface area contributed by atoms with Gasteiger partial charge >= 0.3 is 0 Å². The molecule has 1 saturated heterocycles. The Balaban J connectivity index is 1.56. The number of aryl methyl sites for hydroxylation is 1. The molecular weight excluding hydrogens is 312 g/mol. The van der Waals surface area contributed by atoms with Crippen LogP contribution in [0.5, 0.6) is 0 Å². The molecule has 1 aliphatic rings. The van der Waals surface area contributed by atoms with Crippen molar-refractivity contribution in [1.29, 1.82) is 0 Å². The molecule has 4 nitrogen and oxygen atoms in total. The van der Waals surface area contributed by atoms with Crippen LogP contribution in [0.4, 0.5) is 5.69 Å². The van der Waals surface area contributed by atoms with Gasteiger partial charge in [-0.15, -0.1) is 0 Å². The van der Waals surface area contributed by atoms with Crippen LogP contribution < -0.4 is 10.2 Å². The van der Waals surface area contributed by atoms with Crippen LogP contribution in [0.2, 0.25) is 0 Å². The number of hydrogen-bond acceptors (Lipinski definition) is 3. The predicted molar refractivity (Wildman–Crippen MR) is 101 cm³/mol. The first-order valence-electron chi connectivity index (χ1n) is 8.93. The summed E-state index contributed by atoms with van der Waals surface area (Å²) in [5, 5.41) is 13.7. The molecule has 2 N–H and O–H groups in total. The van der Waals surface area contributed by atoms with Crippen LogP contribution in [0.3, 0.4) is 0 Å². The zero-order valence-electron chi connectivity index (χ0n) is 14.9. The Labute approximate surface area is 149 Å². The third-order valence-corrected chi connectivity index (χ3v) is 4.86. The number of anilines is 1. The fraction of sp³-hybridized carbons (Fsp3) is 0.381. The lowest BCUT2D eigenvalue weighted by atomic mass is 10.1. The van der Waals surface area contributed by atoms with Crippen molar-refractivity contribution in [1.82, 2.24) is 5.32 Å². The summed E-state index contributed by atoms with van der Waals surface area (Å²) in [4.78, 5) is 13.7. The highest BCUT2D eigenvalue weighted by Crippen LogP contribution is 2.24. The molecule has 2 aromatic rings. The highest BCUT2D eigenvalue weighted by molar-refractivity contribution is 5.95. The summed E-state index contributed by atoms with van der Waals surface area (Å²) in [6, 6.07) is 16.2. The molecule has 0 spiro atoms. The van der Waals surface area contributed by atoms with Crippen molar-refractivity contribution in [3.8, 4) is 0 Å². The summed E-state index contributed by atoms with van der Waals surface area (Å²) >= 11 is 0. The number of hydrogen-bond donors (Lipinski definition) is 2. The fourth-order valence-corrected chi connectivity index (χ4v) is 3.18. The molecule has 132 valence electrons. The van der Waals surface area contributed by atoms with E-state index in [4.69, 9.17) is 0 Å². The molecule has 0 aromatic heterocycles. The first-order valence-corrected chi connectivity index (χ1v) is 8.93. The molecule has 2 aromatic carbocycles. The maximum atomic E-state index is 11.8. The number of benzene rings is 2. The second kappa shape index (κ2) is 7.81. The van der Waals surface area contributed by atoms with Crippen molar-refractivity contribution >= 4 is 11.6 Å². The highest BCUT2D eigenvalue weighted by atomic mass is 16.3. The second-order valence-electron chi connectivity index (χ2n) is 6.80. The van der Waals surface area contributed by atoms with Gasteiger partial charge in [-0.1, -0.05) is 42.0 Å². The van der Waals surface area contributed by atoms with Crippen molar-refractivity contribution in [3.63, 3.8) is 0 Å². The quantitative estimate of drug-likeness (QED) is 0.847. The highest BCUT2D eigenvalue weighted by Gasteiger charge is 2.21. The summed E-state index contributed by atoms with van der Waals surface area (Å²) in [6.07, 6.45) is 1.07. The third-order valence-electron chi connectivity index (χ3n) is 4.86. The van der Waals surface area contributed by atoms with E-state index in [2.05, 4.69) is 24.4 Å². The van der Waals surface area contributed by atoms with Gasteiger partial charge in [0.25, 0.3) is 0 Å². The topological polar surface area (TPSA) is 52.6 Å². The molecule has 25 heavy (non-hydrogen) atoms. The van der Waals surface area contributed by atoms with Crippen LogP contribution in [0.15, 0.2) is 48.5 Å². The molecule has 4 heteroatoms. The Morgan fingerprint density at radius 2 is 1.72 bits per heavy atom. The Morgan fingerprint density at radius 3 is 2.32 bits per heavy atom. The molecule has 1 amide bonds. The van der Waals surface area contributed by atoms with Gasteiger partial charge < -0.3 is 15.3 Å². The SMILES string of the molecule is Cc1ccc(C(O)CNC(C)c2ccc(N3CCCC3=O)cc2)cc1. The van der Waals surface area contributed by atoms with Gasteiger partial charge in [-0.25, -0.2) is 0 Å². The van der Waals surface area contributed by atoms with Crippen molar-refractivity contribution in [2.75, 3.05) is 18.0 Å². The van der Waals surface area contributed by atoms with E-state index in [1.807, 2.05) is 48.2 Å². The maximum Gasteiger partial charge on any atom is 0.227 e. The lowest BCUT2D eigenvalue weighted by Crippen LogP contribution is -2.25. The van der Waals surface area contributed by atoms with Crippen LogP contribution in [0.25, 0.3) is 0 Å². The average Bonchev–Trinajstić information content (AvgIpc) is 3.06. The molecule has 3 rings (SSSR count). The van der Waals surface area contributed by atoms with Crippen molar-refractivity contribution < 1.29 is 9.90 Å². The van der Waals surface area contributed by atoms with Crippen molar-refractivity contribution in [2.45, 2.75) is 38.8 Å². The number of nitrogens with zero attached hydrogens (tertiary/aromatic N) is 1. The van der Waals surface area contributed by atoms with Gasteiger partial charge in [-0.2, -0.15) is 0 Å². The summed E-state index contributed by atoms with van der Waals surface area (Å²) in [5.74, 6) is 0.208. The van der Waals surface area contributed by atoms with Gasteiger partial charge in [0, 0.05) is 31.2 Å². The summed E-state index contributed by atoms with van der Waals surface area (Å²) < 4.78 is 0. The minimum absolute atomic E-state index is 0.128. The largest absolute Gasteiger partial charge is 0.387 e. The van der Waals surface area contributed by atoms with Crippen molar-refractivity contribution in [2.24, 2.45) is 0 Å². The number of carbonyl (C=O) groups excluding carboxylic acids is 1. The van der Waals surface area contributed by atoms with Crippen LogP contribution in [-0.2, 0) is 4.79 Å². The summed E-state index contributed by atoms with van der Waals surface area (Å²) in [5.41, 5.74) is 4.23. The normalized spacial score (nSPS) is 16.9. The standard InChI is InChI=1S/C21H26N2O2/c1-15-5-7-18(8-6-15)20(24)14-22-16(2)17-9-11-19(12-10-17)23-13-3-4-21(23)25/h5-12,16,20,22,24H,3-4,13-14H2,1-2H3. The van der Waals surface area contributed by atoms with Gasteiger partial charge in [0.15, 0.2) is 0 Å². The van der Waals surface area contributed by atoms with E-state index in [1.54, 1.807) is 0 Å². The van der Waals surface area contributed by atoms with E-state index in [1.165, 1.54) is 5.56 Å². The Hall–Kier alpha value is -2.17. The molecule has 0 radical (unpaired) electrons. The van der Waals surface area contributed by atoms with Gasteiger partial charge in [0.2, 0.25) is 5.91 Å². The van der Waals surface area contributed by atoms with Crippen LogP contribution in [-0.4, -0.2) is 24.1 Å².